The first-order valence-corrected chi connectivity index (χ1v) is 13.2. The van der Waals surface area contributed by atoms with Crippen molar-refractivity contribution in [3.8, 4) is 11.3 Å². The predicted octanol–water partition coefficient (Wildman–Crippen LogP) is 6.00. The molecule has 1 N–H and O–H groups in total. The molecule has 1 aliphatic heterocycles. The number of rotatable bonds is 4. The maximum Gasteiger partial charge on any atom is 0.295 e. The second-order valence-corrected chi connectivity index (χ2v) is 8.86. The average molecular weight is 525 g/mol. The Kier molecular flexibility index (Phi) is 10.3. The molecule has 0 aliphatic carbocycles. The molecule has 0 saturated carbocycles. The van der Waals surface area contributed by atoms with Crippen molar-refractivity contribution in [1.29, 1.82) is 0 Å². The first-order valence-electron chi connectivity index (χ1n) is 13.2. The van der Waals surface area contributed by atoms with Crippen LogP contribution in [0.1, 0.15) is 48.4 Å². The Morgan fingerprint density at radius 1 is 0.949 bits per heavy atom. The van der Waals surface area contributed by atoms with Gasteiger partial charge in [0.25, 0.3) is 17.6 Å². The van der Waals surface area contributed by atoms with Crippen LogP contribution in [-0.2, 0) is 4.79 Å². The van der Waals surface area contributed by atoms with Crippen molar-refractivity contribution < 1.29 is 14.4 Å². The minimum Gasteiger partial charge on any atom is -0.345 e. The molecule has 1 atom stereocenters. The van der Waals surface area contributed by atoms with Crippen molar-refractivity contribution in [1.82, 2.24) is 19.8 Å². The van der Waals surface area contributed by atoms with Crippen LogP contribution in [0.4, 0.5) is 0 Å². The molecular weight excluding hydrogens is 488 g/mol. The number of hydrogen-bond donors (Lipinski definition) is 1. The molecule has 5 rings (SSSR count). The summed E-state index contributed by atoms with van der Waals surface area (Å²) in [5.74, 6) is -1.20. The fourth-order valence-electron chi connectivity index (χ4n) is 4.42. The summed E-state index contributed by atoms with van der Waals surface area (Å²) in [6.07, 6.45) is 3.30. The molecule has 1 fully saturated rings. The number of aromatic amines is 1. The van der Waals surface area contributed by atoms with Gasteiger partial charge in [0.2, 0.25) is 0 Å². The van der Waals surface area contributed by atoms with E-state index in [1.54, 1.807) is 34.2 Å². The molecule has 7 heteroatoms. The van der Waals surface area contributed by atoms with Crippen LogP contribution < -0.4 is 0 Å². The maximum absolute atomic E-state index is 13.1. The Morgan fingerprint density at radius 2 is 1.56 bits per heavy atom. The van der Waals surface area contributed by atoms with Gasteiger partial charge < -0.3 is 14.8 Å². The van der Waals surface area contributed by atoms with Crippen LogP contribution in [0.25, 0.3) is 22.3 Å². The quantitative estimate of drug-likeness (QED) is 0.201. The monoisotopic (exact) mass is 524 g/mol. The number of amides is 2. The topological polar surface area (TPSA) is 86.4 Å². The number of carbonyl (C=O) groups excluding carboxylic acids is 3. The Morgan fingerprint density at radius 3 is 2.18 bits per heavy atom. The number of aromatic nitrogens is 2. The number of nitrogens with one attached hydrogen (secondary N) is 1. The molecule has 39 heavy (non-hydrogen) atoms. The van der Waals surface area contributed by atoms with Gasteiger partial charge >= 0.3 is 0 Å². The van der Waals surface area contributed by atoms with E-state index in [4.69, 9.17) is 0 Å². The number of benzene rings is 2. The van der Waals surface area contributed by atoms with E-state index in [0.29, 0.717) is 41.8 Å². The van der Waals surface area contributed by atoms with E-state index in [0.717, 1.165) is 11.3 Å². The third kappa shape index (κ3) is 6.68. The lowest BCUT2D eigenvalue weighted by Crippen LogP contribution is -2.56. The van der Waals surface area contributed by atoms with E-state index in [9.17, 15) is 14.4 Å². The highest BCUT2D eigenvalue weighted by Crippen LogP contribution is 2.24. The number of pyridine rings is 1. The van der Waals surface area contributed by atoms with E-state index in [-0.39, 0.29) is 11.9 Å². The zero-order valence-corrected chi connectivity index (χ0v) is 23.1. The average Bonchev–Trinajstić information content (AvgIpc) is 3.42. The van der Waals surface area contributed by atoms with Crippen LogP contribution in [0.3, 0.4) is 0 Å². The minimum atomic E-state index is -0.574. The molecule has 7 nitrogen and oxygen atoms in total. The van der Waals surface area contributed by atoms with Gasteiger partial charge in [0, 0.05) is 48.4 Å². The van der Waals surface area contributed by atoms with Crippen molar-refractivity contribution in [2.45, 2.75) is 33.7 Å². The van der Waals surface area contributed by atoms with Gasteiger partial charge in [-0.3, -0.25) is 14.4 Å². The number of H-pyrrole nitrogens is 1. The Bertz CT molecular complexity index is 1410. The third-order valence-electron chi connectivity index (χ3n) is 6.24. The zero-order chi connectivity index (χ0) is 28.4. The van der Waals surface area contributed by atoms with Crippen molar-refractivity contribution in [3.63, 3.8) is 0 Å². The molecule has 0 unspecified atom stereocenters. The van der Waals surface area contributed by atoms with Gasteiger partial charge in [-0.2, -0.15) is 0 Å². The molecule has 4 aromatic rings. The fourth-order valence-corrected chi connectivity index (χ4v) is 4.42. The number of fused-ring (bicyclic) bond motifs is 1. The summed E-state index contributed by atoms with van der Waals surface area (Å²) in [4.78, 5) is 50.0. The van der Waals surface area contributed by atoms with Crippen molar-refractivity contribution in [2.24, 2.45) is 0 Å². The molecular formula is C32H36N4O3. The lowest BCUT2D eigenvalue weighted by Gasteiger charge is -2.39. The normalized spacial score (nSPS) is 14.4. The predicted molar refractivity (Wildman–Crippen MR) is 157 cm³/mol. The maximum atomic E-state index is 13.1. The Balaban J connectivity index is 0.000000787. The van der Waals surface area contributed by atoms with E-state index in [2.05, 4.69) is 16.5 Å². The highest BCUT2D eigenvalue weighted by Gasteiger charge is 2.34. The summed E-state index contributed by atoms with van der Waals surface area (Å²) in [5.41, 5.74) is 3.24. The highest BCUT2D eigenvalue weighted by atomic mass is 16.2. The summed E-state index contributed by atoms with van der Waals surface area (Å²) < 4.78 is 0. The Labute approximate surface area is 230 Å². The molecule has 0 spiro atoms. The van der Waals surface area contributed by atoms with Gasteiger partial charge in [0.05, 0.1) is 11.3 Å². The van der Waals surface area contributed by atoms with Gasteiger partial charge in [-0.1, -0.05) is 68.5 Å². The second-order valence-electron chi connectivity index (χ2n) is 8.86. The largest absolute Gasteiger partial charge is 0.345 e. The number of ketones is 1. The summed E-state index contributed by atoms with van der Waals surface area (Å²) in [7, 11) is 0. The molecule has 0 radical (unpaired) electrons. The molecule has 2 aromatic carbocycles. The van der Waals surface area contributed by atoms with Crippen LogP contribution in [0.5, 0.6) is 0 Å². The van der Waals surface area contributed by atoms with Crippen LogP contribution in [-0.4, -0.2) is 63.0 Å². The van der Waals surface area contributed by atoms with Crippen molar-refractivity contribution >= 4 is 28.6 Å². The highest BCUT2D eigenvalue weighted by molar-refractivity contribution is 6.44. The molecule has 0 bridgehead atoms. The molecule has 1 aliphatic rings. The number of piperazine rings is 1. The standard InChI is InChI=1S/C27H24N4O3.C3H6.C2H6/c1-18-17-30(26(33)20-10-6-3-7-11-20)14-15-31(18)27(34)24(32)22-16-28-25-21(22)12-13-23(29-25)19-8-4-2-5-9-19;1-3-2;1-2/h2-13,16,18H,14-15,17H2,1H3,(H,28,29);3H,1H2,2H3;1-2H3/t18-;;/m1../s1. The number of allylic oxidation sites excluding steroid dienone is 1. The van der Waals surface area contributed by atoms with Crippen LogP contribution in [0, 0.1) is 0 Å². The number of carbonyl (C=O) groups is 3. The number of nitrogens with zero attached hydrogens (tertiary/aromatic N) is 3. The number of hydrogen-bond acceptors (Lipinski definition) is 4. The van der Waals surface area contributed by atoms with E-state index < -0.39 is 11.7 Å². The number of Topliss-reactive ketones (excluding diaryl/α,β-unsaturated/α-hetero) is 1. The van der Waals surface area contributed by atoms with Gasteiger partial charge in [0.15, 0.2) is 0 Å². The molecule has 2 aromatic heterocycles. The summed E-state index contributed by atoms with van der Waals surface area (Å²) in [5, 5.41) is 0.614. The lowest BCUT2D eigenvalue weighted by molar-refractivity contribution is -0.130. The van der Waals surface area contributed by atoms with Gasteiger partial charge in [-0.15, -0.1) is 6.58 Å². The van der Waals surface area contributed by atoms with Crippen molar-refractivity contribution in [2.75, 3.05) is 19.6 Å². The minimum absolute atomic E-state index is 0.0669. The van der Waals surface area contributed by atoms with Crippen LogP contribution in [0.2, 0.25) is 0 Å². The van der Waals surface area contributed by atoms with Gasteiger partial charge in [0.1, 0.15) is 5.65 Å². The zero-order valence-electron chi connectivity index (χ0n) is 23.1. The second kappa shape index (κ2) is 13.9. The molecule has 3 heterocycles. The van der Waals surface area contributed by atoms with Crippen molar-refractivity contribution in [3.05, 3.63) is 103 Å². The Hall–Kier alpha value is -4.52. The lowest BCUT2D eigenvalue weighted by atomic mass is 10.1. The first-order chi connectivity index (χ1) is 18.9. The summed E-state index contributed by atoms with van der Waals surface area (Å²) >= 11 is 0. The van der Waals surface area contributed by atoms with Crippen LogP contribution >= 0.6 is 0 Å². The van der Waals surface area contributed by atoms with Gasteiger partial charge in [-0.25, -0.2) is 4.98 Å². The van der Waals surface area contributed by atoms with Crippen LogP contribution in [0.15, 0.2) is 91.6 Å². The van der Waals surface area contributed by atoms with E-state index >= 15 is 0 Å². The molecule has 202 valence electrons. The van der Waals surface area contributed by atoms with Gasteiger partial charge in [-0.05, 0) is 38.1 Å². The van der Waals surface area contributed by atoms with E-state index in [1.165, 1.54) is 0 Å². The fraction of sp³-hybridized carbons (Fsp3) is 0.250. The summed E-state index contributed by atoms with van der Waals surface area (Å²) in [6, 6.07) is 22.2. The SMILES string of the molecule is C=CC.CC.C[C@@H]1CN(C(=O)c2ccccc2)CCN1C(=O)C(=O)c1c[nH]c2nc(-c3ccccc3)ccc12. The summed E-state index contributed by atoms with van der Waals surface area (Å²) in [6.45, 7) is 12.2. The smallest absolute Gasteiger partial charge is 0.295 e. The third-order valence-corrected chi connectivity index (χ3v) is 6.24. The van der Waals surface area contributed by atoms with E-state index in [1.807, 2.05) is 88.4 Å². The molecule has 1 saturated heterocycles. The molecule has 2 amide bonds. The first kappa shape index (κ1) is 29.0.